The molecule has 0 fully saturated rings. The van der Waals surface area contributed by atoms with Crippen LogP contribution < -0.4 is 10.9 Å². The number of hydrogen-bond donors (Lipinski definition) is 1. The van der Waals surface area contributed by atoms with Crippen LogP contribution in [0.3, 0.4) is 0 Å². The van der Waals surface area contributed by atoms with Gasteiger partial charge in [-0.25, -0.2) is 13.4 Å². The number of carbonyl (C=O) groups excluding carboxylic acids is 1. The lowest BCUT2D eigenvalue weighted by Gasteiger charge is -2.20. The Labute approximate surface area is 185 Å². The first-order valence-corrected chi connectivity index (χ1v) is 12.3. The number of amides is 1. The predicted octanol–water partition coefficient (Wildman–Crippen LogP) is 3.13. The molecule has 0 aliphatic carbocycles. The molecule has 0 aliphatic rings. The zero-order valence-electron chi connectivity index (χ0n) is 18.0. The summed E-state index contributed by atoms with van der Waals surface area (Å²) in [6.07, 6.45) is 1.50. The Morgan fingerprint density at radius 1 is 1.23 bits per heavy atom. The molecule has 0 saturated carbocycles. The number of sulfonamides is 1. The standard InChI is InChI=1S/C21H26N4O4S2/c1-5-25(6-2)31(28,29)16-11-14(3)15(4)18(12-16)23-19(26)7-9-24-13-22-20-17(21(24)27)8-10-30-20/h8,10-13H,5-7,9H2,1-4H3,(H,23,26). The summed E-state index contributed by atoms with van der Waals surface area (Å²) in [7, 11) is -3.65. The quantitative estimate of drug-likeness (QED) is 0.554. The molecule has 1 amide bonds. The highest BCUT2D eigenvalue weighted by Crippen LogP contribution is 2.26. The Balaban J connectivity index is 1.79. The smallest absolute Gasteiger partial charge is 0.262 e. The molecule has 0 saturated heterocycles. The molecule has 0 bridgehead atoms. The Bertz CT molecular complexity index is 1270. The maximum Gasteiger partial charge on any atom is 0.262 e. The molecule has 10 heteroatoms. The van der Waals surface area contributed by atoms with Crippen LogP contribution >= 0.6 is 11.3 Å². The highest BCUT2D eigenvalue weighted by molar-refractivity contribution is 7.89. The fraction of sp³-hybridized carbons (Fsp3) is 0.381. The molecule has 1 aromatic carbocycles. The van der Waals surface area contributed by atoms with Crippen LogP contribution in [0.1, 0.15) is 31.4 Å². The number of fused-ring (bicyclic) bond motifs is 1. The van der Waals surface area contributed by atoms with Crippen molar-refractivity contribution in [3.63, 3.8) is 0 Å². The first-order valence-electron chi connectivity index (χ1n) is 10.0. The normalized spacial score (nSPS) is 11.9. The van der Waals surface area contributed by atoms with Crippen LogP contribution in [0.25, 0.3) is 10.2 Å². The number of hydrogen-bond acceptors (Lipinski definition) is 6. The van der Waals surface area contributed by atoms with Crippen molar-refractivity contribution >= 4 is 43.2 Å². The number of benzene rings is 1. The van der Waals surface area contributed by atoms with E-state index in [1.165, 1.54) is 32.6 Å². The molecule has 0 aliphatic heterocycles. The van der Waals surface area contributed by atoms with Crippen molar-refractivity contribution in [1.29, 1.82) is 0 Å². The summed E-state index contributed by atoms with van der Waals surface area (Å²) in [5, 5.41) is 5.15. The van der Waals surface area contributed by atoms with E-state index >= 15 is 0 Å². The van der Waals surface area contributed by atoms with E-state index < -0.39 is 10.0 Å². The molecule has 31 heavy (non-hydrogen) atoms. The van der Waals surface area contributed by atoms with Gasteiger partial charge in [0.2, 0.25) is 15.9 Å². The maximum atomic E-state index is 12.9. The van der Waals surface area contributed by atoms with E-state index in [2.05, 4.69) is 10.3 Å². The van der Waals surface area contributed by atoms with Gasteiger partial charge >= 0.3 is 0 Å². The second-order valence-corrected chi connectivity index (χ2v) is 10.0. The third kappa shape index (κ3) is 4.70. The molecule has 2 heterocycles. The number of anilines is 1. The maximum absolute atomic E-state index is 12.9. The summed E-state index contributed by atoms with van der Waals surface area (Å²) in [6.45, 7) is 8.13. The lowest BCUT2D eigenvalue weighted by atomic mass is 10.1. The summed E-state index contributed by atoms with van der Waals surface area (Å²) in [6, 6.07) is 4.85. The molecule has 0 radical (unpaired) electrons. The number of nitrogens with one attached hydrogen (secondary N) is 1. The molecule has 0 unspecified atom stereocenters. The minimum Gasteiger partial charge on any atom is -0.326 e. The van der Waals surface area contributed by atoms with E-state index in [1.807, 2.05) is 13.8 Å². The van der Waals surface area contributed by atoms with E-state index in [4.69, 9.17) is 0 Å². The van der Waals surface area contributed by atoms with Gasteiger partial charge in [-0.1, -0.05) is 13.8 Å². The van der Waals surface area contributed by atoms with E-state index in [1.54, 1.807) is 31.4 Å². The first-order chi connectivity index (χ1) is 14.7. The predicted molar refractivity (Wildman–Crippen MR) is 123 cm³/mol. The van der Waals surface area contributed by atoms with Gasteiger partial charge in [0.25, 0.3) is 5.56 Å². The molecular formula is C21H26N4O4S2. The van der Waals surface area contributed by atoms with Crippen LogP contribution in [-0.4, -0.2) is 41.3 Å². The van der Waals surface area contributed by atoms with Crippen molar-refractivity contribution in [3.05, 3.63) is 51.4 Å². The van der Waals surface area contributed by atoms with Crippen molar-refractivity contribution in [2.24, 2.45) is 0 Å². The lowest BCUT2D eigenvalue weighted by molar-refractivity contribution is -0.116. The molecule has 0 spiro atoms. The summed E-state index contributed by atoms with van der Waals surface area (Å²) in [5.74, 6) is -0.308. The summed E-state index contributed by atoms with van der Waals surface area (Å²) in [4.78, 5) is 30.1. The van der Waals surface area contributed by atoms with Gasteiger partial charge in [0.1, 0.15) is 4.83 Å². The summed E-state index contributed by atoms with van der Waals surface area (Å²) < 4.78 is 28.6. The monoisotopic (exact) mass is 462 g/mol. The van der Waals surface area contributed by atoms with Crippen molar-refractivity contribution in [3.8, 4) is 0 Å². The van der Waals surface area contributed by atoms with Crippen LogP contribution in [0.4, 0.5) is 5.69 Å². The van der Waals surface area contributed by atoms with Crippen molar-refractivity contribution in [2.45, 2.75) is 45.6 Å². The SMILES string of the molecule is CCN(CC)S(=O)(=O)c1cc(C)c(C)c(NC(=O)CCn2cnc3sccc3c2=O)c1. The largest absolute Gasteiger partial charge is 0.326 e. The fourth-order valence-electron chi connectivity index (χ4n) is 3.30. The van der Waals surface area contributed by atoms with Crippen LogP contribution in [0.5, 0.6) is 0 Å². The number of nitrogens with zero attached hydrogens (tertiary/aromatic N) is 3. The number of carbonyl (C=O) groups is 1. The summed E-state index contributed by atoms with van der Waals surface area (Å²) in [5.41, 5.74) is 1.84. The van der Waals surface area contributed by atoms with Gasteiger partial charge in [-0.05, 0) is 48.6 Å². The first kappa shape index (κ1) is 23.1. The Morgan fingerprint density at radius 3 is 2.61 bits per heavy atom. The molecule has 3 rings (SSSR count). The average Bonchev–Trinajstić information content (AvgIpc) is 3.21. The molecule has 166 valence electrons. The highest BCUT2D eigenvalue weighted by atomic mass is 32.2. The molecule has 8 nitrogen and oxygen atoms in total. The van der Waals surface area contributed by atoms with Crippen LogP contribution in [0.2, 0.25) is 0 Å². The van der Waals surface area contributed by atoms with Crippen LogP contribution in [0.15, 0.2) is 39.6 Å². The second-order valence-electron chi connectivity index (χ2n) is 7.18. The zero-order chi connectivity index (χ0) is 22.8. The van der Waals surface area contributed by atoms with E-state index in [-0.39, 0.29) is 29.3 Å². The van der Waals surface area contributed by atoms with Gasteiger partial charge in [-0.2, -0.15) is 4.31 Å². The highest BCUT2D eigenvalue weighted by Gasteiger charge is 2.23. The molecule has 1 N–H and O–H groups in total. The van der Waals surface area contributed by atoms with Crippen LogP contribution in [0, 0.1) is 13.8 Å². The van der Waals surface area contributed by atoms with Crippen molar-refractivity contribution < 1.29 is 13.2 Å². The molecule has 2 aromatic heterocycles. The lowest BCUT2D eigenvalue weighted by Crippen LogP contribution is -2.30. The van der Waals surface area contributed by atoms with E-state index in [0.717, 1.165) is 11.1 Å². The van der Waals surface area contributed by atoms with Crippen LogP contribution in [-0.2, 0) is 21.4 Å². The number of rotatable bonds is 8. The molecule has 0 atom stereocenters. The molecular weight excluding hydrogens is 436 g/mol. The van der Waals surface area contributed by atoms with Gasteiger partial charge < -0.3 is 5.32 Å². The summed E-state index contributed by atoms with van der Waals surface area (Å²) >= 11 is 1.39. The van der Waals surface area contributed by atoms with Gasteiger partial charge in [0.15, 0.2) is 0 Å². The van der Waals surface area contributed by atoms with Gasteiger partial charge in [0, 0.05) is 31.7 Å². The number of thiophene rings is 1. The third-order valence-corrected chi connectivity index (χ3v) is 8.14. The van der Waals surface area contributed by atoms with E-state index in [0.29, 0.717) is 29.0 Å². The topological polar surface area (TPSA) is 101 Å². The Hall–Kier alpha value is -2.56. The average molecular weight is 463 g/mol. The van der Waals surface area contributed by atoms with Crippen molar-refractivity contribution in [1.82, 2.24) is 13.9 Å². The fourth-order valence-corrected chi connectivity index (χ4v) is 5.60. The van der Waals surface area contributed by atoms with Gasteiger partial charge in [-0.3, -0.25) is 14.2 Å². The second kappa shape index (κ2) is 9.29. The zero-order valence-corrected chi connectivity index (χ0v) is 19.6. The number of aromatic nitrogens is 2. The van der Waals surface area contributed by atoms with Gasteiger partial charge in [0.05, 0.1) is 16.6 Å². The third-order valence-electron chi connectivity index (χ3n) is 5.29. The Morgan fingerprint density at radius 2 is 1.94 bits per heavy atom. The minimum atomic E-state index is -3.65. The van der Waals surface area contributed by atoms with Gasteiger partial charge in [-0.15, -0.1) is 11.3 Å². The van der Waals surface area contributed by atoms with E-state index in [9.17, 15) is 18.0 Å². The minimum absolute atomic E-state index is 0.0583. The Kier molecular flexibility index (Phi) is 6.93. The number of aryl methyl sites for hydroxylation is 2. The molecule has 3 aromatic rings. The van der Waals surface area contributed by atoms with Crippen molar-refractivity contribution in [2.75, 3.05) is 18.4 Å².